The fourth-order valence-corrected chi connectivity index (χ4v) is 11.5. The Labute approximate surface area is 433 Å². The van der Waals surface area contributed by atoms with Gasteiger partial charge in [0.1, 0.15) is 16.5 Å². The summed E-state index contributed by atoms with van der Waals surface area (Å²) in [5, 5.41) is 9.90. The number of aliphatic imine (C=N–C) groups is 1. The summed E-state index contributed by atoms with van der Waals surface area (Å²) in [6.45, 7) is 8.76. The van der Waals surface area contributed by atoms with Crippen LogP contribution in [0.25, 0.3) is 16.3 Å². The van der Waals surface area contributed by atoms with Crippen LogP contribution in [0.4, 0.5) is 5.69 Å². The Bertz CT molecular complexity index is 3120. The number of hydrogen-bond acceptors (Lipinski definition) is 13. The van der Waals surface area contributed by atoms with Crippen molar-refractivity contribution in [1.29, 1.82) is 0 Å². The van der Waals surface area contributed by atoms with Crippen LogP contribution in [0.3, 0.4) is 0 Å². The third kappa shape index (κ3) is 13.8. The van der Waals surface area contributed by atoms with E-state index >= 15 is 0 Å². The van der Waals surface area contributed by atoms with Gasteiger partial charge < -0.3 is 21.1 Å². The monoisotopic (exact) mass is 1060 g/mol. The zero-order chi connectivity index (χ0) is 50.0. The van der Waals surface area contributed by atoms with Crippen LogP contribution in [-0.4, -0.2) is 112 Å². The number of halogens is 1. The summed E-state index contributed by atoms with van der Waals surface area (Å²) in [4.78, 5) is 7.42. The van der Waals surface area contributed by atoms with Crippen molar-refractivity contribution < 1.29 is 92.7 Å². The summed E-state index contributed by atoms with van der Waals surface area (Å²) in [6.07, 6.45) is 13.4. The van der Waals surface area contributed by atoms with Crippen molar-refractivity contribution in [2.75, 3.05) is 42.7 Å². The number of nitrogens with zero attached hydrogens (tertiary/aromatic N) is 3. The van der Waals surface area contributed by atoms with Crippen LogP contribution in [0.5, 0.6) is 5.75 Å². The molecule has 0 aliphatic carbocycles. The van der Waals surface area contributed by atoms with Gasteiger partial charge >= 0.3 is 29.6 Å². The molecule has 23 heteroatoms. The van der Waals surface area contributed by atoms with Gasteiger partial charge in [-0.3, -0.25) is 18.2 Å². The maximum Gasteiger partial charge on any atom is 1.00 e. The predicted octanol–water partition coefficient (Wildman–Crippen LogP) is 4.69. The van der Waals surface area contributed by atoms with Gasteiger partial charge in [0, 0.05) is 53.4 Å². The maximum absolute atomic E-state index is 12.7. The van der Waals surface area contributed by atoms with Crippen molar-refractivity contribution in [3.05, 3.63) is 113 Å². The Morgan fingerprint density at radius 3 is 2.12 bits per heavy atom. The number of rotatable bonds is 21. The van der Waals surface area contributed by atoms with Gasteiger partial charge in [-0.15, -0.1) is 0 Å². The first-order valence-electron chi connectivity index (χ1n) is 21.7. The molecule has 17 nitrogen and oxygen atoms in total. The molecule has 0 bridgehead atoms. The molecule has 0 saturated heterocycles. The van der Waals surface area contributed by atoms with Crippen molar-refractivity contribution in [3.8, 4) is 5.75 Å². The molecule has 1 atom stereocenters. The Kier molecular flexibility index (Phi) is 18.1. The molecule has 3 aromatic rings. The van der Waals surface area contributed by atoms with E-state index in [0.717, 1.165) is 17.2 Å². The minimum absolute atomic E-state index is 0. The predicted molar refractivity (Wildman–Crippen MR) is 264 cm³/mol. The minimum atomic E-state index is -5.01. The Morgan fingerprint density at radius 2 is 1.49 bits per heavy atom. The summed E-state index contributed by atoms with van der Waals surface area (Å²) in [5.74, 6) is 0.338. The number of anilines is 1. The zero-order valence-electron chi connectivity index (χ0n) is 39.9. The SMILES string of the molecule is CC1(C)C(=CC=C(C=CC2N(CCCCS(=O)(=O)O)c3ccc4c(S(=O)(=O)O)cc(S(=O)(=O)O)cc4c3C2(C)C)c2cccc(OCCCCO)c2)N=C2C1=CC(Cl)=CN2CCCCS(=O)(=O)O.[H-].[Na+]. The van der Waals surface area contributed by atoms with Crippen LogP contribution in [0.2, 0.25) is 0 Å². The van der Waals surface area contributed by atoms with E-state index in [-0.39, 0.29) is 79.9 Å². The third-order valence-corrected chi connectivity index (χ3v) is 15.8. The second kappa shape index (κ2) is 22.1. The minimum Gasteiger partial charge on any atom is -1.00 e. The number of aliphatic hydroxyl groups is 1. The molecule has 1 unspecified atom stereocenters. The second-order valence-electron chi connectivity index (χ2n) is 17.9. The van der Waals surface area contributed by atoms with E-state index in [4.69, 9.17) is 21.3 Å². The number of hydrogen-bond donors (Lipinski definition) is 5. The molecule has 3 aliphatic heterocycles. The van der Waals surface area contributed by atoms with Gasteiger partial charge in [-0.25, -0.2) is 4.99 Å². The number of allylic oxidation sites excluding steroid dienone is 7. The van der Waals surface area contributed by atoms with Crippen LogP contribution in [0.15, 0.2) is 116 Å². The quantitative estimate of drug-likeness (QED) is 0.0419. The van der Waals surface area contributed by atoms with Crippen molar-refractivity contribution in [2.24, 2.45) is 10.4 Å². The second-order valence-corrected chi connectivity index (χ2v) is 24.3. The summed E-state index contributed by atoms with van der Waals surface area (Å²) in [5.41, 5.74) is 2.35. The Morgan fingerprint density at radius 1 is 0.826 bits per heavy atom. The number of aliphatic hydroxyl groups excluding tert-OH is 1. The van der Waals surface area contributed by atoms with Gasteiger partial charge in [-0.05, 0) is 103 Å². The molecule has 0 saturated carbocycles. The van der Waals surface area contributed by atoms with Gasteiger partial charge in [0.15, 0.2) is 0 Å². The van der Waals surface area contributed by atoms with Crippen molar-refractivity contribution >= 4 is 79.9 Å². The summed E-state index contributed by atoms with van der Waals surface area (Å²) in [7, 11) is -18.4. The first-order valence-corrected chi connectivity index (χ1v) is 28.2. The maximum atomic E-state index is 12.7. The van der Waals surface area contributed by atoms with Crippen LogP contribution < -0.4 is 39.2 Å². The molecule has 0 radical (unpaired) electrons. The Balaban J connectivity index is 0.00000533. The standard InChI is InChI=1S/C46H56ClN3O14S4.Na.H/c1-45(2)38-27-33(47)30-49(20-5-9-24-65(52,53)54)44(38)48-41(45)18-14-31(32-12-11-13-34(26-32)64-23-8-7-22-51)15-19-42-46(3,4)43-37-28-35(67(58,59)60)29-40(68(61,62)63)36(37)16-17-39(43)50(42)21-6-10-25-66(55,56)57;;/h11-19,26-30,42,51H,5-10,20-25H2,1-4H3,(H,52,53,54)(H,55,56,57)(H,58,59,60)(H,61,62,63);;/q;+1;-1. The molecule has 0 aromatic heterocycles. The number of unbranched alkanes of at least 4 members (excludes halogenated alkanes) is 3. The van der Waals surface area contributed by atoms with Gasteiger partial charge in [-0.1, -0.05) is 75.7 Å². The van der Waals surface area contributed by atoms with E-state index in [0.29, 0.717) is 77.6 Å². The summed E-state index contributed by atoms with van der Waals surface area (Å²) < 4.78 is 142. The largest absolute Gasteiger partial charge is 1.00 e. The number of ether oxygens (including phenoxy) is 1. The van der Waals surface area contributed by atoms with Crippen molar-refractivity contribution in [1.82, 2.24) is 4.90 Å². The average Bonchev–Trinajstić information content (AvgIpc) is 3.61. The van der Waals surface area contributed by atoms with Gasteiger partial charge in [-0.2, -0.15) is 33.7 Å². The molecule has 3 aliphatic rings. The number of benzene rings is 3. The normalized spacial score (nSPS) is 18.8. The number of fused-ring (bicyclic) bond motifs is 4. The van der Waals surface area contributed by atoms with Gasteiger partial charge in [0.25, 0.3) is 40.5 Å². The first-order chi connectivity index (χ1) is 31.6. The van der Waals surface area contributed by atoms with E-state index in [9.17, 15) is 57.0 Å². The van der Waals surface area contributed by atoms with Gasteiger partial charge in [0.05, 0.1) is 39.8 Å². The fourth-order valence-electron chi connectivity index (χ4n) is 8.84. The van der Waals surface area contributed by atoms with Crippen LogP contribution in [0.1, 0.15) is 78.8 Å². The van der Waals surface area contributed by atoms with E-state index in [2.05, 4.69) is 0 Å². The Hall–Kier alpha value is -3.42. The van der Waals surface area contributed by atoms with E-state index < -0.39 is 72.9 Å². The van der Waals surface area contributed by atoms with Crippen molar-refractivity contribution in [2.45, 2.75) is 87.5 Å². The molecule has 5 N–H and O–H groups in total. The van der Waals surface area contributed by atoms with E-state index in [1.165, 1.54) is 6.07 Å². The average molecular weight is 1060 g/mol. The molecular weight excluding hydrogens is 1010 g/mol. The van der Waals surface area contributed by atoms with Crippen LogP contribution in [0, 0.1) is 5.41 Å². The topological polar surface area (TPSA) is 266 Å². The van der Waals surface area contributed by atoms with Gasteiger partial charge in [0.2, 0.25) is 0 Å². The van der Waals surface area contributed by atoms with E-state index in [1.54, 1.807) is 12.3 Å². The molecule has 372 valence electrons. The summed E-state index contributed by atoms with van der Waals surface area (Å²) in [6, 6.07) is 11.8. The molecule has 0 fully saturated rings. The fraction of sp³-hybridized carbons (Fsp3) is 0.413. The van der Waals surface area contributed by atoms with Crippen molar-refractivity contribution in [3.63, 3.8) is 0 Å². The third-order valence-electron chi connectivity index (χ3n) is 12.2. The zero-order valence-corrected chi connectivity index (χ0v) is 44.9. The van der Waals surface area contributed by atoms with Crippen LogP contribution >= 0.6 is 11.6 Å². The smallest absolute Gasteiger partial charge is 1.00 e. The number of amidine groups is 1. The van der Waals surface area contributed by atoms with Crippen LogP contribution in [-0.2, 0) is 45.9 Å². The molecule has 69 heavy (non-hydrogen) atoms. The molecule has 0 spiro atoms. The van der Waals surface area contributed by atoms with E-state index in [1.807, 2.05) is 92.1 Å². The molecule has 3 heterocycles. The molecule has 6 rings (SSSR count). The molecule has 3 aromatic carbocycles. The summed E-state index contributed by atoms with van der Waals surface area (Å²) >= 11 is 6.60. The molecule has 0 amide bonds. The first kappa shape index (κ1) is 56.5. The molecular formula is C46H57ClN3NaO14S4.